The Hall–Kier alpha value is -1.16. The molecule has 0 saturated carbocycles. The zero-order valence-electron chi connectivity index (χ0n) is 11.5. The lowest BCUT2D eigenvalue weighted by atomic mass is 10.0. The first-order chi connectivity index (χ1) is 8.63. The highest BCUT2D eigenvalue weighted by atomic mass is 15.3. The lowest BCUT2D eigenvalue weighted by Crippen LogP contribution is -2.27. The van der Waals surface area contributed by atoms with Gasteiger partial charge in [0.25, 0.3) is 0 Å². The molecule has 2 atom stereocenters. The topological polar surface area (TPSA) is 41.1 Å². The van der Waals surface area contributed by atoms with Crippen LogP contribution in [-0.2, 0) is 0 Å². The lowest BCUT2D eigenvalue weighted by molar-refractivity contribution is 0.533. The minimum absolute atomic E-state index is 0.467. The van der Waals surface area contributed by atoms with Crippen LogP contribution in [0, 0.1) is 18.8 Å². The number of aromatic nitrogens is 2. The average Bonchev–Trinajstić information content (AvgIpc) is 2.87. The minimum Gasteiger partial charge on any atom is -0.340 e. The minimum atomic E-state index is 0.467. The highest BCUT2D eigenvalue weighted by Crippen LogP contribution is 2.29. The maximum atomic E-state index is 4.74. The van der Waals surface area contributed by atoms with E-state index in [4.69, 9.17) is 4.98 Å². The molecule has 0 unspecified atom stereocenters. The van der Waals surface area contributed by atoms with Crippen LogP contribution in [0.15, 0.2) is 6.07 Å². The maximum absolute atomic E-state index is 4.74. The van der Waals surface area contributed by atoms with Crippen molar-refractivity contribution in [3.8, 4) is 0 Å². The zero-order valence-corrected chi connectivity index (χ0v) is 11.5. The monoisotopic (exact) mass is 246 g/mol. The molecule has 0 spiro atoms. The molecule has 2 aliphatic heterocycles. The van der Waals surface area contributed by atoms with Gasteiger partial charge in [-0.15, -0.1) is 0 Å². The van der Waals surface area contributed by atoms with E-state index in [0.29, 0.717) is 5.92 Å². The summed E-state index contributed by atoms with van der Waals surface area (Å²) >= 11 is 0. The molecular formula is C14H22N4. The number of nitrogens with zero attached hydrogens (tertiary/aromatic N) is 3. The Balaban J connectivity index is 1.84. The van der Waals surface area contributed by atoms with E-state index in [1.54, 1.807) is 0 Å². The van der Waals surface area contributed by atoms with Crippen molar-refractivity contribution in [1.29, 1.82) is 0 Å². The van der Waals surface area contributed by atoms with Crippen molar-refractivity contribution in [3.05, 3.63) is 17.5 Å². The quantitative estimate of drug-likeness (QED) is 0.860. The molecule has 3 heterocycles. The summed E-state index contributed by atoms with van der Waals surface area (Å²) in [4.78, 5) is 11.7. The van der Waals surface area contributed by atoms with Crippen LogP contribution < -0.4 is 10.2 Å². The van der Waals surface area contributed by atoms with Crippen molar-refractivity contribution < 1.29 is 0 Å². The molecule has 98 valence electrons. The molecule has 0 radical (unpaired) electrons. The van der Waals surface area contributed by atoms with Gasteiger partial charge in [0, 0.05) is 37.6 Å². The van der Waals surface area contributed by atoms with E-state index in [1.807, 2.05) is 0 Å². The van der Waals surface area contributed by atoms with E-state index in [9.17, 15) is 0 Å². The molecule has 2 saturated heterocycles. The fraction of sp³-hybridized carbons (Fsp3) is 0.714. The second-order valence-corrected chi connectivity index (χ2v) is 5.97. The molecule has 3 rings (SSSR count). The molecule has 18 heavy (non-hydrogen) atoms. The number of anilines is 1. The summed E-state index contributed by atoms with van der Waals surface area (Å²) in [5.74, 6) is 2.98. The SMILES string of the molecule is Cc1cc(C(C)C)nc(N2C[C@H]3CNC[C@H]3C2)n1. The van der Waals surface area contributed by atoms with Gasteiger partial charge in [0.05, 0.1) is 0 Å². The van der Waals surface area contributed by atoms with Gasteiger partial charge in [-0.3, -0.25) is 0 Å². The summed E-state index contributed by atoms with van der Waals surface area (Å²) in [6.07, 6.45) is 0. The van der Waals surface area contributed by atoms with Gasteiger partial charge in [-0.25, -0.2) is 9.97 Å². The van der Waals surface area contributed by atoms with Gasteiger partial charge in [-0.1, -0.05) is 13.8 Å². The van der Waals surface area contributed by atoms with E-state index >= 15 is 0 Å². The van der Waals surface area contributed by atoms with E-state index in [1.165, 1.54) is 0 Å². The van der Waals surface area contributed by atoms with Crippen LogP contribution in [0.5, 0.6) is 0 Å². The maximum Gasteiger partial charge on any atom is 0.225 e. The largest absolute Gasteiger partial charge is 0.340 e. The van der Waals surface area contributed by atoms with Gasteiger partial charge in [0.1, 0.15) is 0 Å². The Labute approximate surface area is 109 Å². The molecule has 1 N–H and O–H groups in total. The van der Waals surface area contributed by atoms with Crippen LogP contribution in [0.2, 0.25) is 0 Å². The second kappa shape index (κ2) is 4.50. The van der Waals surface area contributed by atoms with Gasteiger partial charge in [0.2, 0.25) is 5.95 Å². The van der Waals surface area contributed by atoms with Crippen LogP contribution in [0.4, 0.5) is 5.95 Å². The summed E-state index contributed by atoms with van der Waals surface area (Å²) < 4.78 is 0. The Morgan fingerprint density at radius 1 is 1.22 bits per heavy atom. The van der Waals surface area contributed by atoms with Crippen molar-refractivity contribution >= 4 is 5.95 Å². The van der Waals surface area contributed by atoms with E-state index in [2.05, 4.69) is 42.0 Å². The molecule has 1 aromatic heterocycles. The average molecular weight is 246 g/mol. The Morgan fingerprint density at radius 3 is 2.50 bits per heavy atom. The third-order valence-electron chi connectivity index (χ3n) is 4.13. The lowest BCUT2D eigenvalue weighted by Gasteiger charge is -2.19. The molecule has 4 heteroatoms. The number of hydrogen-bond acceptors (Lipinski definition) is 4. The Morgan fingerprint density at radius 2 is 1.89 bits per heavy atom. The number of rotatable bonds is 2. The van der Waals surface area contributed by atoms with Crippen LogP contribution in [-0.4, -0.2) is 36.1 Å². The zero-order chi connectivity index (χ0) is 12.7. The molecule has 2 fully saturated rings. The summed E-state index contributed by atoms with van der Waals surface area (Å²) in [5, 5.41) is 3.47. The van der Waals surface area contributed by atoms with E-state index in [0.717, 1.165) is 55.4 Å². The van der Waals surface area contributed by atoms with E-state index < -0.39 is 0 Å². The van der Waals surface area contributed by atoms with Crippen molar-refractivity contribution in [1.82, 2.24) is 15.3 Å². The van der Waals surface area contributed by atoms with Crippen LogP contribution in [0.1, 0.15) is 31.2 Å². The number of fused-ring (bicyclic) bond motifs is 1. The van der Waals surface area contributed by atoms with Gasteiger partial charge < -0.3 is 10.2 Å². The Bertz CT molecular complexity index is 431. The fourth-order valence-corrected chi connectivity index (χ4v) is 3.03. The highest BCUT2D eigenvalue weighted by Gasteiger charge is 2.37. The third-order valence-corrected chi connectivity index (χ3v) is 4.13. The predicted octanol–water partition coefficient (Wildman–Crippen LogP) is 1.56. The fourth-order valence-electron chi connectivity index (χ4n) is 3.03. The smallest absolute Gasteiger partial charge is 0.225 e. The van der Waals surface area contributed by atoms with Crippen LogP contribution in [0.25, 0.3) is 0 Å². The van der Waals surface area contributed by atoms with Crippen molar-refractivity contribution in [2.45, 2.75) is 26.7 Å². The van der Waals surface area contributed by atoms with Gasteiger partial charge in [-0.05, 0) is 30.7 Å². The summed E-state index contributed by atoms with van der Waals surface area (Å²) in [7, 11) is 0. The molecule has 0 aliphatic carbocycles. The first kappa shape index (κ1) is 11.9. The summed E-state index contributed by atoms with van der Waals surface area (Å²) in [6.45, 7) is 11.0. The standard InChI is InChI=1S/C14H22N4/c1-9(2)13-4-10(3)16-14(17-13)18-7-11-5-15-6-12(11)8-18/h4,9,11-12,15H,5-8H2,1-3H3/t11-,12+. The van der Waals surface area contributed by atoms with Gasteiger partial charge >= 0.3 is 0 Å². The highest BCUT2D eigenvalue weighted by molar-refractivity contribution is 5.35. The van der Waals surface area contributed by atoms with Crippen LogP contribution >= 0.6 is 0 Å². The van der Waals surface area contributed by atoms with Crippen molar-refractivity contribution in [2.75, 3.05) is 31.1 Å². The number of nitrogens with one attached hydrogen (secondary N) is 1. The molecule has 0 bridgehead atoms. The molecule has 0 amide bonds. The predicted molar refractivity (Wildman–Crippen MR) is 72.9 cm³/mol. The van der Waals surface area contributed by atoms with E-state index in [-0.39, 0.29) is 0 Å². The first-order valence-electron chi connectivity index (χ1n) is 6.94. The molecule has 0 aromatic carbocycles. The van der Waals surface area contributed by atoms with Gasteiger partial charge in [0.15, 0.2) is 0 Å². The third kappa shape index (κ3) is 2.09. The van der Waals surface area contributed by atoms with Crippen molar-refractivity contribution in [2.24, 2.45) is 11.8 Å². The van der Waals surface area contributed by atoms with Crippen LogP contribution in [0.3, 0.4) is 0 Å². The molecular weight excluding hydrogens is 224 g/mol. The second-order valence-electron chi connectivity index (χ2n) is 5.97. The number of aryl methyl sites for hydroxylation is 1. The molecule has 4 nitrogen and oxygen atoms in total. The molecule has 2 aliphatic rings. The first-order valence-corrected chi connectivity index (χ1v) is 6.94. The Kier molecular flexibility index (Phi) is 2.98. The normalized spacial score (nSPS) is 27.0. The number of hydrogen-bond donors (Lipinski definition) is 1. The van der Waals surface area contributed by atoms with Crippen molar-refractivity contribution in [3.63, 3.8) is 0 Å². The van der Waals surface area contributed by atoms with Gasteiger partial charge in [-0.2, -0.15) is 0 Å². The summed E-state index contributed by atoms with van der Waals surface area (Å²) in [6, 6.07) is 2.10. The molecule has 1 aromatic rings. The summed E-state index contributed by atoms with van der Waals surface area (Å²) in [5.41, 5.74) is 2.24.